The summed E-state index contributed by atoms with van der Waals surface area (Å²) < 4.78 is 5.73. The van der Waals surface area contributed by atoms with Crippen LogP contribution in [0.15, 0.2) is 36.7 Å². The number of rotatable bonds is 5. The zero-order valence-electron chi connectivity index (χ0n) is 12.3. The summed E-state index contributed by atoms with van der Waals surface area (Å²) in [5, 5.41) is 15.2. The number of aliphatic hydroxyl groups excluding tert-OH is 1. The third kappa shape index (κ3) is 4.18. The molecule has 2 N–H and O–H groups in total. The van der Waals surface area contributed by atoms with Crippen LogP contribution in [0.3, 0.4) is 0 Å². The maximum Gasteiger partial charge on any atom is 0.127 e. The molecule has 4 nitrogen and oxygen atoms in total. The molecule has 108 valence electrons. The zero-order valence-corrected chi connectivity index (χ0v) is 12.3. The highest BCUT2D eigenvalue weighted by Crippen LogP contribution is 2.24. The minimum Gasteiger partial charge on any atom is -0.490 e. The topological polar surface area (TPSA) is 54.4 Å². The van der Waals surface area contributed by atoms with E-state index in [0.29, 0.717) is 6.54 Å². The second-order valence-corrected chi connectivity index (χ2v) is 5.95. The Kier molecular flexibility index (Phi) is 4.57. The van der Waals surface area contributed by atoms with Gasteiger partial charge in [0.15, 0.2) is 0 Å². The van der Waals surface area contributed by atoms with Gasteiger partial charge in [-0.3, -0.25) is 4.98 Å². The van der Waals surface area contributed by atoms with Crippen LogP contribution in [-0.2, 0) is 0 Å². The Bertz CT molecular complexity index is 558. The van der Waals surface area contributed by atoms with Crippen molar-refractivity contribution in [3.63, 3.8) is 0 Å². The highest BCUT2D eigenvalue weighted by molar-refractivity contribution is 5.87. The van der Waals surface area contributed by atoms with Gasteiger partial charge in [-0.15, -0.1) is 0 Å². The summed E-state index contributed by atoms with van der Waals surface area (Å²) in [6.45, 7) is 6.98. The second kappa shape index (κ2) is 6.20. The molecule has 0 fully saturated rings. The number of aromatic nitrogens is 1. The van der Waals surface area contributed by atoms with Gasteiger partial charge in [0.2, 0.25) is 0 Å². The molecule has 1 aromatic heterocycles. The lowest BCUT2D eigenvalue weighted by Crippen LogP contribution is -2.42. The molecule has 0 radical (unpaired) electrons. The Balaban J connectivity index is 1.96. The minimum atomic E-state index is -0.536. The van der Waals surface area contributed by atoms with E-state index in [4.69, 9.17) is 4.74 Å². The van der Waals surface area contributed by atoms with E-state index in [1.165, 1.54) is 0 Å². The molecule has 4 heteroatoms. The molecule has 0 aliphatic rings. The molecule has 0 bridgehead atoms. The van der Waals surface area contributed by atoms with Crippen molar-refractivity contribution >= 4 is 10.8 Å². The molecule has 2 aromatic rings. The molecule has 1 aromatic carbocycles. The van der Waals surface area contributed by atoms with Gasteiger partial charge in [0.25, 0.3) is 0 Å². The van der Waals surface area contributed by atoms with E-state index in [-0.39, 0.29) is 12.1 Å². The predicted octanol–water partition coefficient (Wildman–Crippen LogP) is 2.36. The molecule has 0 unspecified atom stereocenters. The number of hydrogen-bond acceptors (Lipinski definition) is 4. The van der Waals surface area contributed by atoms with E-state index < -0.39 is 6.10 Å². The van der Waals surface area contributed by atoms with E-state index in [1.807, 2.05) is 24.3 Å². The van der Waals surface area contributed by atoms with Crippen LogP contribution in [-0.4, -0.2) is 34.9 Å². The summed E-state index contributed by atoms with van der Waals surface area (Å²) in [6.07, 6.45) is 3.01. The smallest absolute Gasteiger partial charge is 0.127 e. The van der Waals surface area contributed by atoms with Crippen LogP contribution in [0.2, 0.25) is 0 Å². The summed E-state index contributed by atoms with van der Waals surface area (Å²) >= 11 is 0. The number of pyridine rings is 1. The number of β-amino-alcohol motifs (C(OH)–C–C–N with tert-alkyl or cyclic N) is 1. The molecule has 0 saturated carbocycles. The number of fused-ring (bicyclic) bond motifs is 1. The van der Waals surface area contributed by atoms with Crippen molar-refractivity contribution in [3.8, 4) is 5.75 Å². The summed E-state index contributed by atoms with van der Waals surface area (Å²) in [6, 6.07) is 7.75. The summed E-state index contributed by atoms with van der Waals surface area (Å²) in [7, 11) is 0. The lowest BCUT2D eigenvalue weighted by atomic mass is 10.1. The zero-order chi connectivity index (χ0) is 14.6. The first kappa shape index (κ1) is 14.8. The standard InChI is InChI=1S/C16H22N2O2/c1-16(2,3)18-10-13(19)11-20-15-6-4-5-12-9-17-8-7-14(12)15/h4-9,13,18-19H,10-11H2,1-3H3/t13-/m1/s1. The molecule has 1 heterocycles. The van der Waals surface area contributed by atoms with Crippen molar-refractivity contribution in [1.82, 2.24) is 10.3 Å². The van der Waals surface area contributed by atoms with E-state index in [9.17, 15) is 5.11 Å². The Morgan fingerprint density at radius 1 is 1.30 bits per heavy atom. The van der Waals surface area contributed by atoms with Crippen LogP contribution in [0, 0.1) is 0 Å². The van der Waals surface area contributed by atoms with Gasteiger partial charge >= 0.3 is 0 Å². The van der Waals surface area contributed by atoms with E-state index in [0.717, 1.165) is 16.5 Å². The number of aliphatic hydroxyl groups is 1. The average molecular weight is 274 g/mol. The van der Waals surface area contributed by atoms with Crippen LogP contribution in [0.5, 0.6) is 5.75 Å². The number of benzene rings is 1. The largest absolute Gasteiger partial charge is 0.490 e. The third-order valence-electron chi connectivity index (χ3n) is 2.94. The Labute approximate surface area is 119 Å². The SMILES string of the molecule is CC(C)(C)NC[C@@H](O)COc1cccc2cnccc12. The predicted molar refractivity (Wildman–Crippen MR) is 81.0 cm³/mol. The fraction of sp³-hybridized carbons (Fsp3) is 0.438. The Morgan fingerprint density at radius 2 is 2.10 bits per heavy atom. The third-order valence-corrected chi connectivity index (χ3v) is 2.94. The molecular formula is C16H22N2O2. The molecule has 1 atom stereocenters. The molecule has 0 saturated heterocycles. The van der Waals surface area contributed by atoms with Gasteiger partial charge < -0.3 is 15.2 Å². The van der Waals surface area contributed by atoms with Gasteiger partial charge in [-0.25, -0.2) is 0 Å². The lowest BCUT2D eigenvalue weighted by Gasteiger charge is -2.23. The van der Waals surface area contributed by atoms with Gasteiger partial charge in [-0.1, -0.05) is 12.1 Å². The quantitative estimate of drug-likeness (QED) is 0.879. The average Bonchev–Trinajstić information content (AvgIpc) is 2.42. The normalized spacial score (nSPS) is 13.4. The summed E-state index contributed by atoms with van der Waals surface area (Å²) in [5.41, 5.74) is -0.00784. The maximum absolute atomic E-state index is 9.95. The van der Waals surface area contributed by atoms with Crippen LogP contribution in [0.25, 0.3) is 10.8 Å². The first-order valence-corrected chi connectivity index (χ1v) is 6.84. The first-order valence-electron chi connectivity index (χ1n) is 6.84. The highest BCUT2D eigenvalue weighted by Gasteiger charge is 2.13. The number of hydrogen-bond donors (Lipinski definition) is 2. The highest BCUT2D eigenvalue weighted by atomic mass is 16.5. The summed E-state index contributed by atoms with van der Waals surface area (Å²) in [5.74, 6) is 0.778. The maximum atomic E-state index is 9.95. The fourth-order valence-electron chi connectivity index (χ4n) is 1.89. The number of ether oxygens (including phenoxy) is 1. The minimum absolute atomic E-state index is 0.00784. The van der Waals surface area contributed by atoms with E-state index >= 15 is 0 Å². The molecule has 2 rings (SSSR count). The van der Waals surface area contributed by atoms with Crippen LogP contribution >= 0.6 is 0 Å². The Hall–Kier alpha value is -1.65. The van der Waals surface area contributed by atoms with Gasteiger partial charge in [-0.05, 0) is 32.9 Å². The van der Waals surface area contributed by atoms with Crippen molar-refractivity contribution in [2.45, 2.75) is 32.4 Å². The molecule has 20 heavy (non-hydrogen) atoms. The van der Waals surface area contributed by atoms with Crippen molar-refractivity contribution in [1.29, 1.82) is 0 Å². The fourth-order valence-corrected chi connectivity index (χ4v) is 1.89. The second-order valence-electron chi connectivity index (χ2n) is 5.95. The van der Waals surface area contributed by atoms with E-state index in [2.05, 4.69) is 31.1 Å². The van der Waals surface area contributed by atoms with Gasteiger partial charge in [0, 0.05) is 35.2 Å². The molecule has 0 aliphatic heterocycles. The van der Waals surface area contributed by atoms with Gasteiger partial charge in [-0.2, -0.15) is 0 Å². The first-order chi connectivity index (χ1) is 9.46. The van der Waals surface area contributed by atoms with Gasteiger partial charge in [0.05, 0.1) is 0 Å². The van der Waals surface area contributed by atoms with Gasteiger partial charge in [0.1, 0.15) is 18.5 Å². The molecular weight excluding hydrogens is 252 g/mol. The summed E-state index contributed by atoms with van der Waals surface area (Å²) in [4.78, 5) is 4.09. The number of nitrogens with one attached hydrogen (secondary N) is 1. The molecule has 0 spiro atoms. The van der Waals surface area contributed by atoms with Crippen LogP contribution in [0.4, 0.5) is 0 Å². The van der Waals surface area contributed by atoms with Crippen LogP contribution < -0.4 is 10.1 Å². The molecule has 0 amide bonds. The van der Waals surface area contributed by atoms with Crippen molar-refractivity contribution < 1.29 is 9.84 Å². The van der Waals surface area contributed by atoms with Crippen molar-refractivity contribution in [2.24, 2.45) is 0 Å². The molecule has 0 aliphatic carbocycles. The number of nitrogens with zero attached hydrogens (tertiary/aromatic N) is 1. The van der Waals surface area contributed by atoms with Crippen molar-refractivity contribution in [2.75, 3.05) is 13.2 Å². The van der Waals surface area contributed by atoms with Crippen molar-refractivity contribution in [3.05, 3.63) is 36.7 Å². The Morgan fingerprint density at radius 3 is 2.85 bits per heavy atom. The monoisotopic (exact) mass is 274 g/mol. The van der Waals surface area contributed by atoms with Crippen LogP contribution in [0.1, 0.15) is 20.8 Å². The lowest BCUT2D eigenvalue weighted by molar-refractivity contribution is 0.101. The van der Waals surface area contributed by atoms with E-state index in [1.54, 1.807) is 12.4 Å².